The second kappa shape index (κ2) is 3.30. The molecule has 0 aliphatic heterocycles. The topological polar surface area (TPSA) is 62.8 Å². The van der Waals surface area contributed by atoms with E-state index in [4.69, 9.17) is 0 Å². The molecule has 1 aromatic rings. The van der Waals surface area contributed by atoms with E-state index in [1.807, 2.05) is 0 Å². The zero-order valence-corrected chi connectivity index (χ0v) is 9.11. The molecule has 3 rings (SSSR count). The van der Waals surface area contributed by atoms with Crippen LogP contribution in [0.15, 0.2) is 11.1 Å². The molecule has 1 heterocycles. The molecule has 0 fully saturated rings. The third kappa shape index (κ3) is 1.30. The summed E-state index contributed by atoms with van der Waals surface area (Å²) in [6.07, 6.45) is -8.00. The first kappa shape index (κ1) is 12.9. The van der Waals surface area contributed by atoms with Crippen LogP contribution >= 0.6 is 0 Å². The molecule has 106 valence electrons. The van der Waals surface area contributed by atoms with Gasteiger partial charge in [-0.1, -0.05) is 0 Å². The second-order valence-corrected chi connectivity index (χ2v) is 4.24. The van der Waals surface area contributed by atoms with Gasteiger partial charge in [0.05, 0.1) is 11.1 Å². The Morgan fingerprint density at radius 3 is 2.30 bits per heavy atom. The number of nitrogens with one attached hydrogen (secondary N) is 1. The van der Waals surface area contributed by atoms with Crippen LogP contribution in [0.5, 0.6) is 0 Å². The van der Waals surface area contributed by atoms with Crippen molar-refractivity contribution in [3.8, 4) is 0 Å². The number of aromatic nitrogens is 2. The Hall–Kier alpha value is -2.13. The molecule has 0 saturated heterocycles. The van der Waals surface area contributed by atoms with E-state index in [1.165, 1.54) is 4.98 Å². The summed E-state index contributed by atoms with van der Waals surface area (Å²) in [6, 6.07) is 0. The van der Waals surface area contributed by atoms with E-state index in [0.717, 1.165) is 0 Å². The Bertz CT molecular complexity index is 699. The monoisotopic (exact) mass is 296 g/mol. The minimum atomic E-state index is -5.00. The van der Waals surface area contributed by atoms with Crippen LogP contribution in [0.2, 0.25) is 0 Å². The molecule has 10 heteroatoms. The number of hydrogen-bond acceptors (Lipinski definition) is 3. The maximum absolute atomic E-state index is 13.2. The van der Waals surface area contributed by atoms with Gasteiger partial charge in [-0.15, -0.1) is 0 Å². The van der Waals surface area contributed by atoms with E-state index in [-0.39, 0.29) is 0 Å². The van der Waals surface area contributed by atoms with Crippen LogP contribution in [0.4, 0.5) is 26.3 Å². The van der Waals surface area contributed by atoms with Gasteiger partial charge in [0, 0.05) is 0 Å². The molecule has 0 saturated carbocycles. The number of Topliss-reactive ketones (excluding diaryl/α,β-unsaturated/α-hetero) is 2. The minimum Gasteiger partial charge on any atom is -0.331 e. The maximum atomic E-state index is 13.2. The standard InChI is InChI=1S/C10H2F6N2O2/c11-7-1-2(9(7,12)13)6(20)4-3(5(1)19)17-8(18-4)10(14,15)16/h7H,(H,17,18). The van der Waals surface area contributed by atoms with Crippen molar-refractivity contribution >= 4 is 11.6 Å². The van der Waals surface area contributed by atoms with Gasteiger partial charge in [-0.2, -0.15) is 22.0 Å². The van der Waals surface area contributed by atoms with Gasteiger partial charge < -0.3 is 4.98 Å². The number of carbonyl (C=O) groups is 2. The largest absolute Gasteiger partial charge is 0.449 e. The molecule has 4 nitrogen and oxygen atoms in total. The lowest BCUT2D eigenvalue weighted by Crippen LogP contribution is -2.52. The summed E-state index contributed by atoms with van der Waals surface area (Å²) in [5.74, 6) is -8.83. The third-order valence-corrected chi connectivity index (χ3v) is 3.06. The van der Waals surface area contributed by atoms with Crippen molar-refractivity contribution in [2.24, 2.45) is 0 Å². The fourth-order valence-corrected chi connectivity index (χ4v) is 2.13. The number of allylic oxidation sites excluding steroid dienone is 2. The van der Waals surface area contributed by atoms with Crippen LogP contribution in [-0.2, 0) is 6.18 Å². The highest BCUT2D eigenvalue weighted by Crippen LogP contribution is 2.50. The lowest BCUT2D eigenvalue weighted by Gasteiger charge is -2.36. The van der Waals surface area contributed by atoms with Crippen molar-refractivity contribution < 1.29 is 35.9 Å². The van der Waals surface area contributed by atoms with Crippen LogP contribution in [0.3, 0.4) is 0 Å². The molecule has 1 aromatic heterocycles. The Kier molecular flexibility index (Phi) is 2.13. The number of alkyl halides is 6. The number of aromatic amines is 1. The quantitative estimate of drug-likeness (QED) is 0.746. The third-order valence-electron chi connectivity index (χ3n) is 3.06. The number of carbonyl (C=O) groups excluding carboxylic acids is 2. The van der Waals surface area contributed by atoms with Crippen LogP contribution in [0.25, 0.3) is 0 Å². The zero-order valence-electron chi connectivity index (χ0n) is 9.11. The van der Waals surface area contributed by atoms with Gasteiger partial charge in [-0.05, 0) is 0 Å². The van der Waals surface area contributed by atoms with Crippen molar-refractivity contribution in [3.05, 3.63) is 28.4 Å². The predicted molar refractivity (Wildman–Crippen MR) is 49.1 cm³/mol. The summed E-state index contributed by atoms with van der Waals surface area (Å²) in [6.45, 7) is 0. The van der Waals surface area contributed by atoms with E-state index in [2.05, 4.69) is 4.98 Å². The van der Waals surface area contributed by atoms with Crippen LogP contribution in [0, 0.1) is 0 Å². The molecule has 0 aromatic carbocycles. The average molecular weight is 296 g/mol. The van der Waals surface area contributed by atoms with E-state index in [9.17, 15) is 35.9 Å². The predicted octanol–water partition coefficient (Wildman–Crippen LogP) is 2.09. The SMILES string of the molecule is O=C1C2=C(C(=O)c3[nH]c(C(F)(F)F)nc31)C(F)C2(F)F. The fraction of sp³-hybridized carbons (Fsp3) is 0.300. The van der Waals surface area contributed by atoms with Crippen LogP contribution in [0.1, 0.15) is 26.8 Å². The summed E-state index contributed by atoms with van der Waals surface area (Å²) in [5, 5.41) is 0. The van der Waals surface area contributed by atoms with Crippen molar-refractivity contribution in [2.75, 3.05) is 0 Å². The molecular formula is C10H2F6N2O2. The van der Waals surface area contributed by atoms with E-state index in [0.29, 0.717) is 0 Å². The molecule has 1 unspecified atom stereocenters. The zero-order chi connectivity index (χ0) is 15.0. The minimum absolute atomic E-state index is 0.917. The highest BCUT2D eigenvalue weighted by atomic mass is 19.4. The fourth-order valence-electron chi connectivity index (χ4n) is 2.13. The van der Waals surface area contributed by atoms with E-state index in [1.54, 1.807) is 0 Å². The molecule has 2 aliphatic carbocycles. The van der Waals surface area contributed by atoms with Gasteiger partial charge in [0.25, 0.3) is 0 Å². The molecule has 0 amide bonds. The number of rotatable bonds is 0. The number of H-pyrrole nitrogens is 1. The van der Waals surface area contributed by atoms with Gasteiger partial charge in [-0.3, -0.25) is 9.59 Å². The highest BCUT2D eigenvalue weighted by Gasteiger charge is 2.65. The number of imidazole rings is 1. The summed E-state index contributed by atoms with van der Waals surface area (Å²) >= 11 is 0. The second-order valence-electron chi connectivity index (χ2n) is 4.24. The lowest BCUT2D eigenvalue weighted by molar-refractivity contribution is -0.144. The summed E-state index contributed by atoms with van der Waals surface area (Å²) in [4.78, 5) is 27.6. The van der Waals surface area contributed by atoms with Gasteiger partial charge in [0.2, 0.25) is 17.4 Å². The maximum Gasteiger partial charge on any atom is 0.449 e. The first-order valence-corrected chi connectivity index (χ1v) is 5.10. The summed E-state index contributed by atoms with van der Waals surface area (Å²) < 4.78 is 76.7. The van der Waals surface area contributed by atoms with Gasteiger partial charge in [-0.25, -0.2) is 9.37 Å². The molecule has 1 N–H and O–H groups in total. The average Bonchev–Trinajstić information content (AvgIpc) is 2.77. The summed E-state index contributed by atoms with van der Waals surface area (Å²) in [5.41, 5.74) is -4.50. The number of halogens is 6. The first-order chi connectivity index (χ1) is 9.06. The Morgan fingerprint density at radius 2 is 1.75 bits per heavy atom. The van der Waals surface area contributed by atoms with Crippen molar-refractivity contribution in [2.45, 2.75) is 18.3 Å². The normalized spacial score (nSPS) is 24.4. The molecule has 2 aliphatic rings. The molecule has 1 atom stereocenters. The van der Waals surface area contributed by atoms with E-state index >= 15 is 0 Å². The molecular weight excluding hydrogens is 294 g/mol. The first-order valence-electron chi connectivity index (χ1n) is 5.10. The molecule has 0 radical (unpaired) electrons. The van der Waals surface area contributed by atoms with Crippen LogP contribution < -0.4 is 0 Å². The van der Waals surface area contributed by atoms with Crippen molar-refractivity contribution in [3.63, 3.8) is 0 Å². The smallest absolute Gasteiger partial charge is 0.331 e. The number of fused-ring (bicyclic) bond motifs is 1. The van der Waals surface area contributed by atoms with E-state index < -0.39 is 58.2 Å². The lowest BCUT2D eigenvalue weighted by atomic mass is 9.73. The van der Waals surface area contributed by atoms with Gasteiger partial charge in [0.1, 0.15) is 11.4 Å². The van der Waals surface area contributed by atoms with Gasteiger partial charge >= 0.3 is 12.1 Å². The Labute approximate surface area is 105 Å². The highest BCUT2D eigenvalue weighted by molar-refractivity contribution is 6.28. The molecule has 0 spiro atoms. The molecule has 20 heavy (non-hydrogen) atoms. The Balaban J connectivity index is 2.18. The number of nitrogens with zero attached hydrogens (tertiary/aromatic N) is 1. The van der Waals surface area contributed by atoms with Crippen molar-refractivity contribution in [1.82, 2.24) is 9.97 Å². The number of ketones is 2. The Morgan fingerprint density at radius 1 is 1.15 bits per heavy atom. The summed E-state index contributed by atoms with van der Waals surface area (Å²) in [7, 11) is 0. The molecule has 0 bridgehead atoms. The van der Waals surface area contributed by atoms with Crippen molar-refractivity contribution in [1.29, 1.82) is 0 Å². The van der Waals surface area contributed by atoms with Crippen LogP contribution in [-0.4, -0.2) is 33.6 Å². The van der Waals surface area contributed by atoms with Gasteiger partial charge in [0.15, 0.2) is 6.17 Å². The number of hydrogen-bond donors (Lipinski definition) is 1.